The molecule has 2 unspecified atom stereocenters. The molecule has 61 heavy (non-hydrogen) atoms. The number of fused-ring (bicyclic) bond motifs is 1. The van der Waals surface area contributed by atoms with E-state index in [9.17, 15) is 24.3 Å². The normalized spacial score (nSPS) is 24.0. The number of amides is 4. The Morgan fingerprint density at radius 2 is 1.82 bits per heavy atom. The third-order valence-electron chi connectivity index (χ3n) is 13.6. The summed E-state index contributed by atoms with van der Waals surface area (Å²) in [5.74, 6) is 0.191. The summed E-state index contributed by atoms with van der Waals surface area (Å²) in [6.07, 6.45) is 10.2. The zero-order valence-electron chi connectivity index (χ0n) is 35.4. The molecule has 5 heterocycles. The van der Waals surface area contributed by atoms with Crippen LogP contribution in [0.25, 0.3) is 0 Å². The fraction of sp³-hybridized carbons (Fsp3) is 0.556. The monoisotopic (exact) mass is 839 g/mol. The van der Waals surface area contributed by atoms with Crippen LogP contribution in [0.15, 0.2) is 42.6 Å². The molecule has 4 amide bonds. The van der Waals surface area contributed by atoms with Gasteiger partial charge in [-0.05, 0) is 93.2 Å². The third kappa shape index (κ3) is 8.74. The Labute approximate surface area is 356 Å². The number of benzene rings is 2. The molecule has 0 radical (unpaired) electrons. The number of carbonyl (C=O) groups is 4. The number of piperidine rings is 2. The standard InChI is InChI=1S/C45H58FN9O6/c1-4-35-43(60)52(2)37-25-47-44(50-40(37)55(35)31-7-5-6-8-31)48-34-12-9-30(24-38(34)61-3)41(58)51-45(18-22-56)17-21-53(27-45)26-28-15-19-54(20-16-28)36-13-10-29(23-33(36)46)32-11-14-39(57)49-42(32)59/h9-10,12-13,23-25,28,31-32,35,56H,4-8,11,14-22,26-27H2,1-3H3,(H,51,58)(H,47,48,50)(H,49,57,59)/t32?,35-,45?/m1/s1. The fourth-order valence-electron chi connectivity index (χ4n) is 10.2. The van der Waals surface area contributed by atoms with Crippen molar-refractivity contribution in [1.29, 1.82) is 0 Å². The van der Waals surface area contributed by atoms with Gasteiger partial charge < -0.3 is 40.1 Å². The van der Waals surface area contributed by atoms with Gasteiger partial charge in [0.25, 0.3) is 5.91 Å². The smallest absolute Gasteiger partial charge is 0.251 e. The van der Waals surface area contributed by atoms with Gasteiger partial charge in [0.05, 0.1) is 36.1 Å². The van der Waals surface area contributed by atoms with Gasteiger partial charge in [-0.25, -0.2) is 9.37 Å². The average Bonchev–Trinajstić information content (AvgIpc) is 3.93. The first-order valence-electron chi connectivity index (χ1n) is 21.9. The molecule has 3 atom stereocenters. The van der Waals surface area contributed by atoms with Crippen molar-refractivity contribution in [2.75, 3.05) is 73.5 Å². The van der Waals surface area contributed by atoms with Gasteiger partial charge in [0.2, 0.25) is 23.7 Å². The van der Waals surface area contributed by atoms with Crippen molar-refractivity contribution in [2.24, 2.45) is 5.92 Å². The number of nitrogens with one attached hydrogen (secondary N) is 3. The molecular weight excluding hydrogens is 782 g/mol. The number of aliphatic hydroxyl groups excluding tert-OH is 1. The first-order valence-corrected chi connectivity index (χ1v) is 21.9. The summed E-state index contributed by atoms with van der Waals surface area (Å²) in [7, 11) is 3.32. The minimum atomic E-state index is -0.600. The van der Waals surface area contributed by atoms with Gasteiger partial charge in [0, 0.05) is 64.4 Å². The Morgan fingerprint density at radius 1 is 1.03 bits per heavy atom. The SMILES string of the molecule is CC[C@@H]1C(=O)N(C)c2cnc(Nc3ccc(C(=O)NC4(CCO)CCN(CC5CCN(c6ccc(C7CCC(=O)NC7=O)cc6F)CC5)C4)cc3OC)nc2N1C1CCCC1. The molecule has 3 saturated heterocycles. The predicted molar refractivity (Wildman–Crippen MR) is 230 cm³/mol. The molecule has 0 spiro atoms. The number of ether oxygens (including phenoxy) is 1. The summed E-state index contributed by atoms with van der Waals surface area (Å²) >= 11 is 0. The summed E-state index contributed by atoms with van der Waals surface area (Å²) in [6.45, 7) is 5.62. The second-order valence-electron chi connectivity index (χ2n) is 17.4. The van der Waals surface area contributed by atoms with E-state index < -0.39 is 11.5 Å². The van der Waals surface area contributed by atoms with E-state index in [1.54, 1.807) is 55.6 Å². The van der Waals surface area contributed by atoms with Crippen LogP contribution in [0.3, 0.4) is 0 Å². The highest BCUT2D eigenvalue weighted by Crippen LogP contribution is 2.41. The van der Waals surface area contributed by atoms with Gasteiger partial charge in [0.1, 0.15) is 23.3 Å². The van der Waals surface area contributed by atoms with Crippen LogP contribution in [0, 0.1) is 11.7 Å². The second kappa shape index (κ2) is 17.9. The van der Waals surface area contributed by atoms with Crippen LogP contribution >= 0.6 is 0 Å². The Balaban J connectivity index is 0.881. The Bertz CT molecular complexity index is 2140. The van der Waals surface area contributed by atoms with Crippen molar-refractivity contribution in [3.05, 3.63) is 59.5 Å². The number of hydrogen-bond donors (Lipinski definition) is 4. The second-order valence-corrected chi connectivity index (χ2v) is 17.4. The lowest BCUT2D eigenvalue weighted by atomic mass is 9.90. The third-order valence-corrected chi connectivity index (χ3v) is 13.6. The van der Waals surface area contributed by atoms with E-state index in [4.69, 9.17) is 9.72 Å². The maximum absolute atomic E-state index is 15.4. The number of likely N-dealkylation sites (tertiary alicyclic amines) is 1. The summed E-state index contributed by atoms with van der Waals surface area (Å²) in [4.78, 5) is 68.9. The Kier molecular flexibility index (Phi) is 12.5. The molecule has 4 fully saturated rings. The number of nitrogens with zero attached hydrogens (tertiary/aromatic N) is 6. The number of anilines is 5. The topological polar surface area (TPSA) is 173 Å². The van der Waals surface area contributed by atoms with Crippen LogP contribution in [0.4, 0.5) is 33.2 Å². The number of likely N-dealkylation sites (N-methyl/N-ethyl adjacent to an activating group) is 1. The average molecular weight is 840 g/mol. The summed E-state index contributed by atoms with van der Waals surface area (Å²) in [6, 6.07) is 10.1. The Morgan fingerprint density at radius 3 is 2.52 bits per heavy atom. The van der Waals surface area contributed by atoms with Gasteiger partial charge in [-0.1, -0.05) is 25.8 Å². The van der Waals surface area contributed by atoms with E-state index in [-0.39, 0.29) is 54.6 Å². The summed E-state index contributed by atoms with van der Waals surface area (Å²) in [5, 5.41) is 19.0. The van der Waals surface area contributed by atoms with E-state index >= 15 is 4.39 Å². The van der Waals surface area contributed by atoms with Crippen molar-refractivity contribution in [2.45, 2.75) is 101 Å². The first kappa shape index (κ1) is 42.3. The lowest BCUT2D eigenvalue weighted by Gasteiger charge is -2.43. The molecule has 1 aromatic heterocycles. The van der Waals surface area contributed by atoms with E-state index in [1.165, 1.54) is 6.07 Å². The minimum Gasteiger partial charge on any atom is -0.495 e. The van der Waals surface area contributed by atoms with E-state index in [0.29, 0.717) is 91.1 Å². The molecule has 1 saturated carbocycles. The zero-order valence-corrected chi connectivity index (χ0v) is 35.4. The van der Waals surface area contributed by atoms with Gasteiger partial charge in [-0.3, -0.25) is 24.5 Å². The lowest BCUT2D eigenvalue weighted by Crippen LogP contribution is -2.55. The number of imide groups is 1. The number of aromatic nitrogens is 2. The minimum absolute atomic E-state index is 0.0538. The van der Waals surface area contributed by atoms with Crippen LogP contribution in [0.2, 0.25) is 0 Å². The number of methoxy groups -OCH3 is 1. The molecule has 326 valence electrons. The molecule has 3 aromatic rings. The highest BCUT2D eigenvalue weighted by atomic mass is 19.1. The van der Waals surface area contributed by atoms with Crippen molar-refractivity contribution in [1.82, 2.24) is 25.5 Å². The van der Waals surface area contributed by atoms with E-state index in [1.807, 2.05) is 6.92 Å². The van der Waals surface area contributed by atoms with E-state index in [2.05, 4.69) is 35.6 Å². The van der Waals surface area contributed by atoms with Crippen LogP contribution in [0.1, 0.15) is 99.4 Å². The van der Waals surface area contributed by atoms with Crippen molar-refractivity contribution in [3.8, 4) is 5.75 Å². The number of hydrogen-bond acceptors (Lipinski definition) is 12. The molecular formula is C45H58FN9O6. The highest BCUT2D eigenvalue weighted by molar-refractivity contribution is 6.04. The first-order chi connectivity index (χ1) is 29.5. The van der Waals surface area contributed by atoms with Crippen LogP contribution in [-0.4, -0.2) is 115 Å². The maximum atomic E-state index is 15.4. The summed E-state index contributed by atoms with van der Waals surface area (Å²) < 4.78 is 21.1. The number of halogens is 1. The molecule has 1 aliphatic carbocycles. The van der Waals surface area contributed by atoms with Gasteiger partial charge in [-0.2, -0.15) is 4.98 Å². The van der Waals surface area contributed by atoms with Gasteiger partial charge in [-0.15, -0.1) is 0 Å². The quantitative estimate of drug-likeness (QED) is 0.173. The van der Waals surface area contributed by atoms with Crippen molar-refractivity contribution < 1.29 is 33.4 Å². The summed E-state index contributed by atoms with van der Waals surface area (Å²) in [5.41, 5.74) is 2.21. The molecule has 8 rings (SSSR count). The van der Waals surface area contributed by atoms with Crippen LogP contribution in [0.5, 0.6) is 5.75 Å². The predicted octanol–water partition coefficient (Wildman–Crippen LogP) is 4.87. The van der Waals surface area contributed by atoms with E-state index in [0.717, 1.165) is 57.4 Å². The van der Waals surface area contributed by atoms with Crippen molar-refractivity contribution in [3.63, 3.8) is 0 Å². The van der Waals surface area contributed by atoms with Crippen LogP contribution in [-0.2, 0) is 14.4 Å². The number of aliphatic hydroxyl groups is 1. The Hall–Kier alpha value is -5.35. The fourth-order valence-corrected chi connectivity index (χ4v) is 10.2. The molecule has 0 bridgehead atoms. The van der Waals surface area contributed by atoms with Gasteiger partial charge >= 0.3 is 0 Å². The lowest BCUT2D eigenvalue weighted by molar-refractivity contribution is -0.134. The maximum Gasteiger partial charge on any atom is 0.251 e. The largest absolute Gasteiger partial charge is 0.495 e. The van der Waals surface area contributed by atoms with Crippen LogP contribution < -0.4 is 35.4 Å². The molecule has 5 aliphatic rings. The molecule has 16 heteroatoms. The molecule has 4 aliphatic heterocycles. The number of carbonyl (C=O) groups excluding carboxylic acids is 4. The zero-order chi connectivity index (χ0) is 42.8. The van der Waals surface area contributed by atoms with Crippen molar-refractivity contribution >= 4 is 52.5 Å². The molecule has 15 nitrogen and oxygen atoms in total. The molecule has 4 N–H and O–H groups in total. The number of rotatable bonds is 13. The highest BCUT2D eigenvalue weighted by Gasteiger charge is 2.42. The molecule has 2 aromatic carbocycles. The van der Waals surface area contributed by atoms with Gasteiger partial charge in [0.15, 0.2) is 5.82 Å².